The fraction of sp³-hybridized carbons (Fsp3) is 0.250. The van der Waals surface area contributed by atoms with E-state index in [-0.39, 0.29) is 22.3 Å². The summed E-state index contributed by atoms with van der Waals surface area (Å²) in [6.45, 7) is 5.98. The maximum atomic E-state index is 12.2. The van der Waals surface area contributed by atoms with Crippen LogP contribution in [-0.2, 0) is 13.0 Å². The van der Waals surface area contributed by atoms with Gasteiger partial charge in [-0.1, -0.05) is 31.2 Å². The fourth-order valence-electron chi connectivity index (χ4n) is 3.03. The molecular formula is C20H22N4O2S. The Morgan fingerprint density at radius 3 is 2.93 bits per heavy atom. The van der Waals surface area contributed by atoms with Crippen LogP contribution in [0.5, 0.6) is 5.88 Å². The van der Waals surface area contributed by atoms with Gasteiger partial charge in [0.25, 0.3) is 5.56 Å². The van der Waals surface area contributed by atoms with Gasteiger partial charge in [0.15, 0.2) is 4.77 Å². The predicted octanol–water partition coefficient (Wildman–Crippen LogP) is 3.72. The second-order valence-corrected chi connectivity index (χ2v) is 6.69. The molecule has 0 aliphatic rings. The molecule has 0 amide bonds. The van der Waals surface area contributed by atoms with Gasteiger partial charge in [-0.3, -0.25) is 19.3 Å². The summed E-state index contributed by atoms with van der Waals surface area (Å²) >= 11 is 5.08. The van der Waals surface area contributed by atoms with E-state index in [1.54, 1.807) is 6.08 Å². The fourth-order valence-corrected chi connectivity index (χ4v) is 3.28. The molecule has 0 saturated carbocycles. The molecular weight excluding hydrogens is 360 g/mol. The zero-order valence-electron chi connectivity index (χ0n) is 15.1. The van der Waals surface area contributed by atoms with Gasteiger partial charge in [0, 0.05) is 29.9 Å². The number of aromatic amines is 2. The van der Waals surface area contributed by atoms with Crippen LogP contribution in [0.1, 0.15) is 24.5 Å². The summed E-state index contributed by atoms with van der Waals surface area (Å²) in [5.41, 5.74) is 1.91. The van der Waals surface area contributed by atoms with Crippen LogP contribution in [0.3, 0.4) is 0 Å². The van der Waals surface area contributed by atoms with Crippen LogP contribution in [-0.4, -0.2) is 31.9 Å². The molecule has 27 heavy (non-hydrogen) atoms. The quantitative estimate of drug-likeness (QED) is 0.331. The Bertz CT molecular complexity index is 1110. The third-order valence-corrected chi connectivity index (χ3v) is 4.86. The third-order valence-electron chi connectivity index (χ3n) is 4.53. The maximum absolute atomic E-state index is 12.2. The van der Waals surface area contributed by atoms with Gasteiger partial charge < -0.3 is 10.1 Å². The number of fused-ring (bicyclic) bond motifs is 1. The lowest BCUT2D eigenvalue weighted by molar-refractivity contribution is 0.413. The SMILES string of the molecule is C=CCn1c(O)c(C=NC(CC)Cc2c[nH]c3ccccc23)c(=O)[nH]c1=S. The molecule has 3 rings (SSSR count). The predicted molar refractivity (Wildman–Crippen MR) is 111 cm³/mol. The van der Waals surface area contributed by atoms with Crippen molar-refractivity contribution in [2.24, 2.45) is 4.99 Å². The van der Waals surface area contributed by atoms with Crippen molar-refractivity contribution in [3.63, 3.8) is 0 Å². The number of para-hydroxylation sites is 1. The van der Waals surface area contributed by atoms with Gasteiger partial charge in [-0.15, -0.1) is 6.58 Å². The molecule has 6 nitrogen and oxygen atoms in total. The van der Waals surface area contributed by atoms with Crippen molar-refractivity contribution in [2.45, 2.75) is 32.4 Å². The number of aliphatic imine (C=N–C) groups is 1. The van der Waals surface area contributed by atoms with E-state index in [1.807, 2.05) is 31.3 Å². The van der Waals surface area contributed by atoms with Crippen molar-refractivity contribution >= 4 is 29.3 Å². The van der Waals surface area contributed by atoms with Crippen LogP contribution in [0.4, 0.5) is 0 Å². The van der Waals surface area contributed by atoms with Crippen LogP contribution < -0.4 is 5.56 Å². The molecule has 1 atom stereocenters. The zero-order valence-corrected chi connectivity index (χ0v) is 15.9. The third kappa shape index (κ3) is 3.93. The number of H-pyrrole nitrogens is 2. The summed E-state index contributed by atoms with van der Waals surface area (Å²) < 4.78 is 1.56. The second kappa shape index (κ2) is 8.18. The second-order valence-electron chi connectivity index (χ2n) is 6.30. The highest BCUT2D eigenvalue weighted by molar-refractivity contribution is 7.71. The molecule has 1 unspecified atom stereocenters. The van der Waals surface area contributed by atoms with E-state index in [0.29, 0.717) is 6.54 Å². The average molecular weight is 382 g/mol. The van der Waals surface area contributed by atoms with Crippen molar-refractivity contribution in [1.29, 1.82) is 0 Å². The number of hydrogen-bond donors (Lipinski definition) is 3. The van der Waals surface area contributed by atoms with Crippen molar-refractivity contribution in [3.8, 4) is 5.88 Å². The van der Waals surface area contributed by atoms with Crippen LogP contribution in [0.15, 0.2) is 52.9 Å². The summed E-state index contributed by atoms with van der Waals surface area (Å²) in [5, 5.41) is 11.6. The Hall–Kier alpha value is -2.93. The number of aromatic nitrogens is 3. The van der Waals surface area contributed by atoms with Gasteiger partial charge in [-0.05, 0) is 36.7 Å². The van der Waals surface area contributed by atoms with E-state index < -0.39 is 5.56 Å². The summed E-state index contributed by atoms with van der Waals surface area (Å²) in [4.78, 5) is 22.6. The van der Waals surface area contributed by atoms with E-state index in [9.17, 15) is 9.90 Å². The van der Waals surface area contributed by atoms with Gasteiger partial charge in [-0.25, -0.2) is 0 Å². The standard InChI is InChI=1S/C20H22N4O2S/c1-3-9-24-19(26)16(18(25)23-20(24)27)12-21-14(4-2)10-13-11-22-17-8-6-5-7-15(13)17/h3,5-8,11-12,14,22,26H,1,4,9-10H2,2H3,(H,23,25,27). The van der Waals surface area contributed by atoms with Crippen molar-refractivity contribution in [2.75, 3.05) is 0 Å². The van der Waals surface area contributed by atoms with Crippen molar-refractivity contribution < 1.29 is 5.11 Å². The van der Waals surface area contributed by atoms with E-state index in [0.717, 1.165) is 18.4 Å². The highest BCUT2D eigenvalue weighted by atomic mass is 32.1. The van der Waals surface area contributed by atoms with E-state index in [2.05, 4.69) is 27.6 Å². The minimum absolute atomic E-state index is 0.0148. The molecule has 0 bridgehead atoms. The van der Waals surface area contributed by atoms with Gasteiger partial charge in [-0.2, -0.15) is 0 Å². The first-order valence-corrected chi connectivity index (χ1v) is 9.21. The van der Waals surface area contributed by atoms with E-state index in [1.165, 1.54) is 21.7 Å². The first-order valence-electron chi connectivity index (χ1n) is 8.80. The normalized spacial score (nSPS) is 12.6. The van der Waals surface area contributed by atoms with E-state index >= 15 is 0 Å². The number of rotatable bonds is 7. The lowest BCUT2D eigenvalue weighted by Gasteiger charge is -2.11. The van der Waals surface area contributed by atoms with Crippen LogP contribution in [0.2, 0.25) is 0 Å². The highest BCUT2D eigenvalue weighted by Crippen LogP contribution is 2.21. The van der Waals surface area contributed by atoms with Crippen LogP contribution in [0.25, 0.3) is 10.9 Å². The number of nitrogens with zero attached hydrogens (tertiary/aromatic N) is 2. The highest BCUT2D eigenvalue weighted by Gasteiger charge is 2.13. The molecule has 140 valence electrons. The first kappa shape index (κ1) is 18.8. The minimum atomic E-state index is -0.455. The number of allylic oxidation sites excluding steroid dienone is 1. The Labute approximate surface area is 161 Å². The zero-order chi connectivity index (χ0) is 19.4. The molecule has 2 heterocycles. The maximum Gasteiger partial charge on any atom is 0.264 e. The summed E-state index contributed by atoms with van der Waals surface area (Å²) in [6.07, 6.45) is 6.57. The minimum Gasteiger partial charge on any atom is -0.494 e. The summed E-state index contributed by atoms with van der Waals surface area (Å²) in [7, 11) is 0. The molecule has 1 aromatic carbocycles. The Morgan fingerprint density at radius 2 is 2.19 bits per heavy atom. The Morgan fingerprint density at radius 1 is 1.41 bits per heavy atom. The smallest absolute Gasteiger partial charge is 0.264 e. The van der Waals surface area contributed by atoms with Gasteiger partial charge >= 0.3 is 0 Å². The lowest BCUT2D eigenvalue weighted by Crippen LogP contribution is -2.19. The molecule has 3 N–H and O–H groups in total. The molecule has 3 aromatic rings. The molecule has 2 aromatic heterocycles. The van der Waals surface area contributed by atoms with Crippen LogP contribution >= 0.6 is 12.2 Å². The largest absolute Gasteiger partial charge is 0.494 e. The van der Waals surface area contributed by atoms with Crippen LogP contribution in [0, 0.1) is 4.77 Å². The summed E-state index contributed by atoms with van der Waals surface area (Å²) in [5.74, 6) is -0.200. The van der Waals surface area contributed by atoms with Gasteiger partial charge in [0.1, 0.15) is 5.56 Å². The molecule has 0 aliphatic heterocycles. The Balaban J connectivity index is 1.89. The summed E-state index contributed by atoms with van der Waals surface area (Å²) in [6, 6.07) is 8.10. The van der Waals surface area contributed by atoms with Gasteiger partial charge in [0.05, 0.1) is 6.04 Å². The number of benzene rings is 1. The first-order chi connectivity index (χ1) is 13.0. The molecule has 0 spiro atoms. The van der Waals surface area contributed by atoms with Crippen molar-refractivity contribution in [1.82, 2.24) is 14.5 Å². The Kier molecular flexibility index (Phi) is 5.71. The molecule has 7 heteroatoms. The topological polar surface area (TPSA) is 86.2 Å². The number of nitrogens with one attached hydrogen (secondary N) is 2. The lowest BCUT2D eigenvalue weighted by atomic mass is 10.0. The van der Waals surface area contributed by atoms with Crippen molar-refractivity contribution in [3.05, 3.63) is 69.4 Å². The monoisotopic (exact) mass is 382 g/mol. The molecule has 0 fully saturated rings. The molecule has 0 aliphatic carbocycles. The number of hydrogen-bond acceptors (Lipinski definition) is 4. The van der Waals surface area contributed by atoms with Gasteiger partial charge in [0.2, 0.25) is 5.88 Å². The number of aromatic hydroxyl groups is 1. The molecule has 0 radical (unpaired) electrons. The van der Waals surface area contributed by atoms with E-state index in [4.69, 9.17) is 12.2 Å². The average Bonchev–Trinajstić information content (AvgIpc) is 3.06. The molecule has 0 saturated heterocycles.